The maximum Gasteiger partial charge on any atom is 0.262 e. The van der Waals surface area contributed by atoms with Crippen LogP contribution in [0.5, 0.6) is 11.5 Å². The molecule has 0 aromatic heterocycles. The first-order chi connectivity index (χ1) is 11.5. The minimum Gasteiger partial charge on any atom is -0.493 e. The van der Waals surface area contributed by atoms with Gasteiger partial charge in [-0.1, -0.05) is 28.9 Å². The molecule has 0 aliphatic rings. The van der Waals surface area contributed by atoms with E-state index in [0.29, 0.717) is 17.0 Å². The number of carbonyl (C=O) groups excluding carboxylic acids is 1. The molecule has 0 radical (unpaired) electrons. The highest BCUT2D eigenvalue weighted by molar-refractivity contribution is 6.32. The number of halogens is 1. The average Bonchev–Trinajstić information content (AvgIpc) is 2.53. The molecular formula is C17H17ClN2O4. The van der Waals surface area contributed by atoms with Gasteiger partial charge < -0.3 is 20.0 Å². The highest BCUT2D eigenvalue weighted by Gasteiger charge is 2.13. The van der Waals surface area contributed by atoms with Gasteiger partial charge in [0.1, 0.15) is 0 Å². The monoisotopic (exact) mass is 348 g/mol. The molecule has 126 valence electrons. The number of methoxy groups -OCH3 is 1. The number of anilines is 1. The van der Waals surface area contributed by atoms with Crippen LogP contribution in [-0.4, -0.2) is 31.0 Å². The third-order valence-electron chi connectivity index (χ3n) is 3.11. The van der Waals surface area contributed by atoms with Gasteiger partial charge >= 0.3 is 0 Å². The first kappa shape index (κ1) is 17.6. The van der Waals surface area contributed by atoms with E-state index in [0.717, 1.165) is 5.56 Å². The van der Waals surface area contributed by atoms with Crippen molar-refractivity contribution in [1.82, 2.24) is 0 Å². The van der Waals surface area contributed by atoms with Gasteiger partial charge in [-0.2, -0.15) is 0 Å². The second kappa shape index (κ2) is 8.21. The lowest BCUT2D eigenvalue weighted by Gasteiger charge is -2.13. The van der Waals surface area contributed by atoms with Crippen molar-refractivity contribution in [3.63, 3.8) is 0 Å². The number of oxime groups is 1. The zero-order chi connectivity index (χ0) is 17.5. The van der Waals surface area contributed by atoms with E-state index in [9.17, 15) is 4.79 Å². The Kier molecular flexibility index (Phi) is 6.03. The Labute approximate surface area is 144 Å². The molecule has 0 bridgehead atoms. The smallest absolute Gasteiger partial charge is 0.262 e. The van der Waals surface area contributed by atoms with Crippen molar-refractivity contribution < 1.29 is 19.5 Å². The molecule has 0 unspecified atom stereocenters. The second-order valence-corrected chi connectivity index (χ2v) is 5.39. The van der Waals surface area contributed by atoms with Gasteiger partial charge in [-0.3, -0.25) is 4.79 Å². The van der Waals surface area contributed by atoms with Crippen molar-refractivity contribution in [3.8, 4) is 11.5 Å². The molecule has 0 aliphatic heterocycles. The van der Waals surface area contributed by atoms with E-state index in [-0.39, 0.29) is 23.3 Å². The maximum absolute atomic E-state index is 12.0. The van der Waals surface area contributed by atoms with Crippen molar-refractivity contribution in [1.29, 1.82) is 0 Å². The summed E-state index contributed by atoms with van der Waals surface area (Å²) in [6, 6.07) is 10.6. The van der Waals surface area contributed by atoms with Crippen LogP contribution >= 0.6 is 11.6 Å². The number of ether oxygens (including phenoxy) is 2. The van der Waals surface area contributed by atoms with Crippen LogP contribution in [0.4, 0.5) is 5.69 Å². The Morgan fingerprint density at radius 2 is 2.17 bits per heavy atom. The van der Waals surface area contributed by atoms with E-state index in [1.807, 2.05) is 25.1 Å². The Bertz CT molecular complexity index is 762. The summed E-state index contributed by atoms with van der Waals surface area (Å²) in [5.41, 5.74) is 2.27. The zero-order valence-corrected chi connectivity index (χ0v) is 14.0. The van der Waals surface area contributed by atoms with Crippen molar-refractivity contribution in [3.05, 3.63) is 52.5 Å². The largest absolute Gasteiger partial charge is 0.493 e. The Morgan fingerprint density at radius 1 is 1.38 bits per heavy atom. The molecule has 0 fully saturated rings. The molecule has 2 N–H and O–H groups in total. The number of nitrogens with zero attached hydrogens (tertiary/aromatic N) is 1. The Morgan fingerprint density at radius 3 is 2.83 bits per heavy atom. The van der Waals surface area contributed by atoms with Crippen LogP contribution in [0, 0.1) is 6.92 Å². The molecule has 0 heterocycles. The molecule has 0 spiro atoms. The number of hydrogen-bond acceptors (Lipinski definition) is 5. The van der Waals surface area contributed by atoms with E-state index in [2.05, 4.69) is 10.5 Å². The van der Waals surface area contributed by atoms with E-state index < -0.39 is 0 Å². The van der Waals surface area contributed by atoms with Gasteiger partial charge in [0, 0.05) is 11.3 Å². The lowest BCUT2D eigenvalue weighted by molar-refractivity contribution is -0.118. The summed E-state index contributed by atoms with van der Waals surface area (Å²) in [5.74, 6) is 0.258. The predicted molar refractivity (Wildman–Crippen MR) is 92.7 cm³/mol. The lowest BCUT2D eigenvalue weighted by Crippen LogP contribution is -2.20. The summed E-state index contributed by atoms with van der Waals surface area (Å²) in [4.78, 5) is 12.0. The van der Waals surface area contributed by atoms with Gasteiger partial charge in [-0.25, -0.2) is 0 Å². The molecule has 1 amide bonds. The van der Waals surface area contributed by atoms with E-state index in [4.69, 9.17) is 26.3 Å². The normalized spacial score (nSPS) is 10.6. The van der Waals surface area contributed by atoms with E-state index >= 15 is 0 Å². The minimum absolute atomic E-state index is 0.225. The summed E-state index contributed by atoms with van der Waals surface area (Å²) >= 11 is 6.13. The highest BCUT2D eigenvalue weighted by Crippen LogP contribution is 2.36. The van der Waals surface area contributed by atoms with Crippen molar-refractivity contribution in [2.24, 2.45) is 5.16 Å². The first-order valence-electron chi connectivity index (χ1n) is 7.07. The molecule has 0 saturated heterocycles. The summed E-state index contributed by atoms with van der Waals surface area (Å²) in [6.45, 7) is 1.71. The van der Waals surface area contributed by atoms with Crippen LogP contribution in [0.15, 0.2) is 41.6 Å². The number of nitrogens with one attached hydrogen (secondary N) is 1. The lowest BCUT2D eigenvalue weighted by atomic mass is 10.2. The number of hydrogen-bond donors (Lipinski definition) is 2. The third kappa shape index (κ3) is 4.63. The average molecular weight is 349 g/mol. The number of rotatable bonds is 6. The number of amides is 1. The summed E-state index contributed by atoms with van der Waals surface area (Å²) in [6.07, 6.45) is 1.21. The fourth-order valence-electron chi connectivity index (χ4n) is 2.08. The van der Waals surface area contributed by atoms with Crippen LogP contribution in [0.1, 0.15) is 11.1 Å². The maximum atomic E-state index is 12.0. The number of aryl methyl sites for hydroxylation is 1. The highest BCUT2D eigenvalue weighted by atomic mass is 35.5. The second-order valence-electron chi connectivity index (χ2n) is 4.99. The first-order valence-corrected chi connectivity index (χ1v) is 7.45. The van der Waals surface area contributed by atoms with E-state index in [1.54, 1.807) is 12.1 Å². The van der Waals surface area contributed by atoms with Gasteiger partial charge in [-0.05, 0) is 36.8 Å². The molecule has 7 heteroatoms. The zero-order valence-electron chi connectivity index (χ0n) is 13.2. The van der Waals surface area contributed by atoms with Crippen molar-refractivity contribution >= 4 is 29.4 Å². The van der Waals surface area contributed by atoms with Crippen LogP contribution < -0.4 is 14.8 Å². The summed E-state index contributed by atoms with van der Waals surface area (Å²) in [7, 11) is 1.45. The van der Waals surface area contributed by atoms with Gasteiger partial charge in [0.05, 0.1) is 18.3 Å². The fourth-order valence-corrected chi connectivity index (χ4v) is 2.35. The fraction of sp³-hybridized carbons (Fsp3) is 0.176. The molecule has 0 aliphatic carbocycles. The van der Waals surface area contributed by atoms with E-state index in [1.165, 1.54) is 19.4 Å². The Hall–Kier alpha value is -2.73. The summed E-state index contributed by atoms with van der Waals surface area (Å²) in [5, 5.41) is 14.5. The predicted octanol–water partition coefficient (Wildman–Crippen LogP) is 3.48. The van der Waals surface area contributed by atoms with Crippen molar-refractivity contribution in [2.45, 2.75) is 6.92 Å². The van der Waals surface area contributed by atoms with Crippen LogP contribution in [0.25, 0.3) is 0 Å². The molecular weight excluding hydrogens is 332 g/mol. The SMILES string of the molecule is COc1cc(/C=N\O)cc(Cl)c1OCC(=O)Nc1cccc(C)c1. The summed E-state index contributed by atoms with van der Waals surface area (Å²) < 4.78 is 10.7. The van der Waals surface area contributed by atoms with Gasteiger partial charge in [-0.15, -0.1) is 0 Å². The van der Waals surface area contributed by atoms with Crippen LogP contribution in [-0.2, 0) is 4.79 Å². The van der Waals surface area contributed by atoms with Crippen LogP contribution in [0.2, 0.25) is 5.02 Å². The molecule has 0 atom stereocenters. The Balaban J connectivity index is 2.07. The van der Waals surface area contributed by atoms with Crippen molar-refractivity contribution in [2.75, 3.05) is 19.0 Å². The molecule has 2 rings (SSSR count). The van der Waals surface area contributed by atoms with Gasteiger partial charge in [0.25, 0.3) is 5.91 Å². The third-order valence-corrected chi connectivity index (χ3v) is 3.39. The standard InChI is InChI=1S/C17H17ClN2O4/c1-11-4-3-5-13(6-11)20-16(21)10-24-17-14(18)7-12(9-19-22)8-15(17)23-2/h3-9,22H,10H2,1-2H3,(H,20,21)/b19-9-. The molecule has 6 nitrogen and oxygen atoms in total. The number of carbonyl (C=O) groups is 1. The van der Waals surface area contributed by atoms with Crippen LogP contribution in [0.3, 0.4) is 0 Å². The molecule has 2 aromatic rings. The molecule has 2 aromatic carbocycles. The number of benzene rings is 2. The topological polar surface area (TPSA) is 80.2 Å². The minimum atomic E-state index is -0.320. The van der Waals surface area contributed by atoms with Gasteiger partial charge in [0.2, 0.25) is 0 Å². The van der Waals surface area contributed by atoms with Gasteiger partial charge in [0.15, 0.2) is 18.1 Å². The molecule has 0 saturated carbocycles. The molecule has 24 heavy (non-hydrogen) atoms. The quantitative estimate of drug-likeness (QED) is 0.476.